The largest absolute Gasteiger partial charge is 0.366 e. The van der Waals surface area contributed by atoms with Crippen LogP contribution in [0.25, 0.3) is 0 Å². The van der Waals surface area contributed by atoms with Gasteiger partial charge in [-0.25, -0.2) is 4.79 Å². The van der Waals surface area contributed by atoms with E-state index in [0.29, 0.717) is 12.4 Å². The molecular weight excluding hydrogens is 208 g/mol. The first-order valence-electron chi connectivity index (χ1n) is 4.71. The Labute approximate surface area is 90.4 Å². The van der Waals surface area contributed by atoms with Gasteiger partial charge in [-0.1, -0.05) is 6.07 Å². The van der Waals surface area contributed by atoms with Crippen LogP contribution in [0.3, 0.4) is 0 Å². The van der Waals surface area contributed by atoms with Crippen molar-refractivity contribution in [3.63, 3.8) is 0 Å². The van der Waals surface area contributed by atoms with Crippen molar-refractivity contribution in [3.05, 3.63) is 57.0 Å². The number of anilines is 1. The van der Waals surface area contributed by atoms with Crippen molar-refractivity contribution in [1.82, 2.24) is 15.0 Å². The van der Waals surface area contributed by atoms with Crippen LogP contribution in [0.1, 0.15) is 5.69 Å². The molecule has 0 unspecified atom stereocenters. The summed E-state index contributed by atoms with van der Waals surface area (Å²) in [4.78, 5) is 30.6. The van der Waals surface area contributed by atoms with Gasteiger partial charge in [0.05, 0.1) is 12.2 Å². The van der Waals surface area contributed by atoms with Crippen LogP contribution < -0.4 is 16.6 Å². The number of hydrogen-bond donors (Lipinski definition) is 3. The second-order valence-corrected chi connectivity index (χ2v) is 3.18. The molecule has 0 saturated carbocycles. The maximum Gasteiger partial charge on any atom is 0.327 e. The molecular formula is C10H10N4O2. The van der Waals surface area contributed by atoms with Crippen LogP contribution in [0.15, 0.2) is 40.1 Å². The number of hydrogen-bond acceptors (Lipinski definition) is 4. The maximum atomic E-state index is 11.0. The molecule has 0 saturated heterocycles. The Bertz CT molecular complexity index is 545. The molecule has 6 nitrogen and oxygen atoms in total. The summed E-state index contributed by atoms with van der Waals surface area (Å²) in [6.45, 7) is 0.445. The van der Waals surface area contributed by atoms with Crippen LogP contribution in [-0.2, 0) is 6.54 Å². The van der Waals surface area contributed by atoms with Crippen molar-refractivity contribution in [2.75, 3.05) is 5.32 Å². The minimum absolute atomic E-state index is 0.374. The van der Waals surface area contributed by atoms with Gasteiger partial charge in [0.15, 0.2) is 0 Å². The SMILES string of the molecule is O=c1cc(NCc2ccccn2)[nH]c(=O)[nH]1. The van der Waals surface area contributed by atoms with Crippen molar-refractivity contribution >= 4 is 5.82 Å². The molecule has 2 aromatic heterocycles. The van der Waals surface area contributed by atoms with Crippen LogP contribution in [0.5, 0.6) is 0 Å². The Balaban J connectivity index is 2.11. The van der Waals surface area contributed by atoms with Gasteiger partial charge < -0.3 is 5.32 Å². The Kier molecular flexibility index (Phi) is 2.81. The minimum atomic E-state index is -0.531. The lowest BCUT2D eigenvalue weighted by Crippen LogP contribution is -2.22. The van der Waals surface area contributed by atoms with Crippen molar-refractivity contribution in [3.8, 4) is 0 Å². The molecule has 0 bridgehead atoms. The Morgan fingerprint density at radius 3 is 2.81 bits per heavy atom. The zero-order valence-corrected chi connectivity index (χ0v) is 8.36. The summed E-state index contributed by atoms with van der Waals surface area (Å²) in [5, 5.41) is 2.90. The summed E-state index contributed by atoms with van der Waals surface area (Å²) >= 11 is 0. The van der Waals surface area contributed by atoms with E-state index in [1.807, 2.05) is 18.2 Å². The van der Waals surface area contributed by atoms with Gasteiger partial charge in [0, 0.05) is 12.3 Å². The van der Waals surface area contributed by atoms with Gasteiger partial charge in [0.1, 0.15) is 5.82 Å². The second kappa shape index (κ2) is 4.43. The molecule has 0 radical (unpaired) electrons. The molecule has 0 aromatic carbocycles. The first kappa shape index (κ1) is 10.2. The Morgan fingerprint density at radius 2 is 2.12 bits per heavy atom. The average Bonchev–Trinajstić information content (AvgIpc) is 2.27. The smallest absolute Gasteiger partial charge is 0.327 e. The van der Waals surface area contributed by atoms with Gasteiger partial charge >= 0.3 is 5.69 Å². The van der Waals surface area contributed by atoms with E-state index in [-0.39, 0.29) is 0 Å². The van der Waals surface area contributed by atoms with Crippen LogP contribution >= 0.6 is 0 Å². The van der Waals surface area contributed by atoms with Crippen LogP contribution in [-0.4, -0.2) is 15.0 Å². The number of aromatic amines is 2. The summed E-state index contributed by atoms with van der Waals surface area (Å²) in [7, 11) is 0. The van der Waals surface area contributed by atoms with Gasteiger partial charge in [-0.2, -0.15) is 0 Å². The highest BCUT2D eigenvalue weighted by atomic mass is 16.2. The maximum absolute atomic E-state index is 11.0. The summed E-state index contributed by atoms with van der Waals surface area (Å²) in [6, 6.07) is 6.81. The zero-order chi connectivity index (χ0) is 11.4. The number of rotatable bonds is 3. The topological polar surface area (TPSA) is 90.6 Å². The number of nitrogens with one attached hydrogen (secondary N) is 3. The fourth-order valence-corrected chi connectivity index (χ4v) is 1.25. The quantitative estimate of drug-likeness (QED) is 0.680. The lowest BCUT2D eigenvalue weighted by atomic mass is 10.3. The first-order chi connectivity index (χ1) is 7.74. The molecule has 0 aliphatic heterocycles. The van der Waals surface area contributed by atoms with Gasteiger partial charge in [0.2, 0.25) is 0 Å². The summed E-state index contributed by atoms with van der Waals surface area (Å²) in [5.74, 6) is 0.374. The third-order valence-electron chi connectivity index (χ3n) is 1.95. The molecule has 0 atom stereocenters. The van der Waals surface area contributed by atoms with Crippen molar-refractivity contribution in [1.29, 1.82) is 0 Å². The fraction of sp³-hybridized carbons (Fsp3) is 0.100. The molecule has 3 N–H and O–H groups in total. The van der Waals surface area contributed by atoms with Crippen LogP contribution in [0.2, 0.25) is 0 Å². The number of H-pyrrole nitrogens is 2. The molecule has 0 fully saturated rings. The van der Waals surface area contributed by atoms with E-state index in [1.165, 1.54) is 6.07 Å². The third-order valence-corrected chi connectivity index (χ3v) is 1.95. The molecule has 2 aromatic rings. The molecule has 0 amide bonds. The van der Waals surface area contributed by atoms with Gasteiger partial charge in [-0.3, -0.25) is 19.7 Å². The molecule has 0 aliphatic carbocycles. The van der Waals surface area contributed by atoms with E-state index in [9.17, 15) is 9.59 Å². The predicted molar refractivity (Wildman–Crippen MR) is 59.2 cm³/mol. The van der Waals surface area contributed by atoms with Crippen molar-refractivity contribution in [2.24, 2.45) is 0 Å². The standard InChI is InChI=1S/C10H10N4O2/c15-9-5-8(13-10(16)14-9)12-6-7-3-1-2-4-11-7/h1-5H,6H2,(H3,12,13,14,15,16). The Hall–Kier alpha value is -2.37. The zero-order valence-electron chi connectivity index (χ0n) is 8.36. The van der Waals surface area contributed by atoms with Crippen molar-refractivity contribution in [2.45, 2.75) is 6.54 Å². The molecule has 0 spiro atoms. The van der Waals surface area contributed by atoms with E-state index in [4.69, 9.17) is 0 Å². The molecule has 0 aliphatic rings. The average molecular weight is 218 g/mol. The van der Waals surface area contributed by atoms with Crippen LogP contribution in [0, 0.1) is 0 Å². The molecule has 2 rings (SSSR count). The summed E-state index contributed by atoms with van der Waals surface area (Å²) in [5.41, 5.74) is -0.146. The lowest BCUT2D eigenvalue weighted by molar-refractivity contribution is 0.986. The van der Waals surface area contributed by atoms with E-state index in [1.54, 1.807) is 6.20 Å². The predicted octanol–water partition coefficient (Wildman–Crippen LogP) is 0.0703. The highest BCUT2D eigenvalue weighted by molar-refractivity contribution is 5.32. The molecule has 16 heavy (non-hydrogen) atoms. The van der Waals surface area contributed by atoms with Crippen molar-refractivity contribution < 1.29 is 0 Å². The van der Waals surface area contributed by atoms with Gasteiger partial charge in [-0.15, -0.1) is 0 Å². The van der Waals surface area contributed by atoms with E-state index in [2.05, 4.69) is 20.3 Å². The monoisotopic (exact) mass is 218 g/mol. The van der Waals surface area contributed by atoms with Crippen LogP contribution in [0.4, 0.5) is 5.82 Å². The van der Waals surface area contributed by atoms with E-state index < -0.39 is 11.2 Å². The Morgan fingerprint density at radius 1 is 1.25 bits per heavy atom. The number of aromatic nitrogens is 3. The minimum Gasteiger partial charge on any atom is -0.366 e. The highest BCUT2D eigenvalue weighted by Gasteiger charge is 1.96. The van der Waals surface area contributed by atoms with Gasteiger partial charge in [-0.05, 0) is 12.1 Å². The van der Waals surface area contributed by atoms with E-state index >= 15 is 0 Å². The summed E-state index contributed by atoms with van der Waals surface area (Å²) in [6.07, 6.45) is 1.68. The second-order valence-electron chi connectivity index (χ2n) is 3.18. The summed E-state index contributed by atoms with van der Waals surface area (Å²) < 4.78 is 0. The van der Waals surface area contributed by atoms with Gasteiger partial charge in [0.25, 0.3) is 5.56 Å². The normalized spacial score (nSPS) is 10.0. The highest BCUT2D eigenvalue weighted by Crippen LogP contribution is 1.98. The molecule has 2 heterocycles. The first-order valence-corrected chi connectivity index (χ1v) is 4.71. The molecule has 6 heteroatoms. The number of pyridine rings is 1. The number of nitrogens with zero attached hydrogens (tertiary/aromatic N) is 1. The third kappa shape index (κ3) is 2.57. The molecule has 82 valence electrons. The van der Waals surface area contributed by atoms with E-state index in [0.717, 1.165) is 5.69 Å². The fourth-order valence-electron chi connectivity index (χ4n) is 1.25. The lowest BCUT2D eigenvalue weighted by Gasteiger charge is -2.04.